The molecule has 2 rings (SSSR count). The average Bonchev–Trinajstić information content (AvgIpc) is 2.55. The van der Waals surface area contributed by atoms with Gasteiger partial charge in [-0.2, -0.15) is 0 Å². The van der Waals surface area contributed by atoms with Crippen LogP contribution >= 0.6 is 0 Å². The number of hydrogen-bond acceptors (Lipinski definition) is 2. The summed E-state index contributed by atoms with van der Waals surface area (Å²) in [6.07, 6.45) is 1.72. The first-order valence-electron chi connectivity index (χ1n) is 5.43. The molecule has 80 valence electrons. The molecular weight excluding hydrogens is 188 g/mol. The fourth-order valence-electron chi connectivity index (χ4n) is 2.53. The zero-order valence-electron chi connectivity index (χ0n) is 9.19. The number of ether oxygens (including phenoxy) is 1. The summed E-state index contributed by atoms with van der Waals surface area (Å²) in [6, 6.07) is 8.07. The van der Waals surface area contributed by atoms with Gasteiger partial charge in [-0.05, 0) is 30.4 Å². The molecule has 0 fully saturated rings. The van der Waals surface area contributed by atoms with Crippen molar-refractivity contribution in [3.63, 3.8) is 0 Å². The molecule has 2 heteroatoms. The van der Waals surface area contributed by atoms with E-state index < -0.39 is 5.60 Å². The first kappa shape index (κ1) is 10.4. The molecule has 1 aromatic rings. The standard InChI is InChI=1S/C13H16O2/c1-3-15-13(9-14)8-10(2)11-6-4-5-7-12(11)13/h4-7,9-10H,3,8H2,1-2H3. The van der Waals surface area contributed by atoms with Crippen molar-refractivity contribution in [2.45, 2.75) is 31.8 Å². The molecule has 0 aliphatic heterocycles. The van der Waals surface area contributed by atoms with E-state index in [4.69, 9.17) is 4.74 Å². The molecule has 0 bridgehead atoms. The van der Waals surface area contributed by atoms with Gasteiger partial charge in [0, 0.05) is 6.61 Å². The highest BCUT2D eigenvalue weighted by molar-refractivity contribution is 5.70. The Morgan fingerprint density at radius 2 is 2.27 bits per heavy atom. The monoisotopic (exact) mass is 204 g/mol. The van der Waals surface area contributed by atoms with Gasteiger partial charge in [0.15, 0.2) is 6.29 Å². The second kappa shape index (κ2) is 3.78. The van der Waals surface area contributed by atoms with Crippen LogP contribution in [0.15, 0.2) is 24.3 Å². The Labute approximate surface area is 90.3 Å². The van der Waals surface area contributed by atoms with Gasteiger partial charge in [0.2, 0.25) is 0 Å². The summed E-state index contributed by atoms with van der Waals surface area (Å²) in [5, 5.41) is 0. The van der Waals surface area contributed by atoms with Crippen molar-refractivity contribution in [3.8, 4) is 0 Å². The van der Waals surface area contributed by atoms with Crippen LogP contribution in [0.5, 0.6) is 0 Å². The van der Waals surface area contributed by atoms with Gasteiger partial charge in [-0.15, -0.1) is 0 Å². The highest BCUT2D eigenvalue weighted by Gasteiger charge is 2.42. The molecule has 1 aliphatic carbocycles. The van der Waals surface area contributed by atoms with E-state index in [0.717, 1.165) is 18.3 Å². The van der Waals surface area contributed by atoms with Crippen LogP contribution in [0.2, 0.25) is 0 Å². The van der Waals surface area contributed by atoms with Crippen molar-refractivity contribution in [2.24, 2.45) is 0 Å². The van der Waals surface area contributed by atoms with Gasteiger partial charge in [0.1, 0.15) is 5.60 Å². The average molecular weight is 204 g/mol. The third-order valence-corrected chi connectivity index (χ3v) is 3.15. The van der Waals surface area contributed by atoms with E-state index in [9.17, 15) is 4.79 Å². The van der Waals surface area contributed by atoms with E-state index in [2.05, 4.69) is 13.0 Å². The van der Waals surface area contributed by atoms with Gasteiger partial charge in [-0.3, -0.25) is 4.79 Å². The Morgan fingerprint density at radius 1 is 1.53 bits per heavy atom. The lowest BCUT2D eigenvalue weighted by Gasteiger charge is -2.23. The molecule has 2 unspecified atom stereocenters. The van der Waals surface area contributed by atoms with E-state index in [0.29, 0.717) is 12.5 Å². The van der Waals surface area contributed by atoms with E-state index in [1.165, 1.54) is 5.56 Å². The zero-order chi connectivity index (χ0) is 10.9. The quantitative estimate of drug-likeness (QED) is 0.707. The van der Waals surface area contributed by atoms with E-state index >= 15 is 0 Å². The third-order valence-electron chi connectivity index (χ3n) is 3.15. The smallest absolute Gasteiger partial charge is 0.156 e. The summed E-state index contributed by atoms with van der Waals surface area (Å²) >= 11 is 0. The highest BCUT2D eigenvalue weighted by atomic mass is 16.5. The van der Waals surface area contributed by atoms with Crippen LogP contribution in [0, 0.1) is 0 Å². The van der Waals surface area contributed by atoms with Crippen LogP contribution < -0.4 is 0 Å². The molecule has 1 aliphatic rings. The Bertz CT molecular complexity index is 373. The van der Waals surface area contributed by atoms with Crippen LogP contribution in [0.4, 0.5) is 0 Å². The molecule has 0 radical (unpaired) electrons. The molecule has 0 saturated carbocycles. The van der Waals surface area contributed by atoms with Crippen molar-refractivity contribution in [1.82, 2.24) is 0 Å². The van der Waals surface area contributed by atoms with Crippen molar-refractivity contribution in [3.05, 3.63) is 35.4 Å². The highest BCUT2D eigenvalue weighted by Crippen LogP contribution is 2.45. The van der Waals surface area contributed by atoms with E-state index in [1.54, 1.807) is 0 Å². The summed E-state index contributed by atoms with van der Waals surface area (Å²) in [5.41, 5.74) is 1.61. The van der Waals surface area contributed by atoms with Gasteiger partial charge in [-0.1, -0.05) is 31.2 Å². The minimum atomic E-state index is -0.690. The minimum absolute atomic E-state index is 0.401. The Balaban J connectivity index is 2.50. The molecule has 0 saturated heterocycles. The number of fused-ring (bicyclic) bond motifs is 1. The molecule has 15 heavy (non-hydrogen) atoms. The molecule has 0 amide bonds. The molecule has 0 N–H and O–H groups in total. The number of rotatable bonds is 3. The SMILES string of the molecule is CCOC1(C=O)CC(C)c2ccccc21. The predicted octanol–water partition coefficient (Wildman–Crippen LogP) is 2.62. The van der Waals surface area contributed by atoms with Crippen LogP contribution in [-0.2, 0) is 15.1 Å². The van der Waals surface area contributed by atoms with Gasteiger partial charge in [0.25, 0.3) is 0 Å². The zero-order valence-corrected chi connectivity index (χ0v) is 9.19. The van der Waals surface area contributed by atoms with Crippen molar-refractivity contribution >= 4 is 6.29 Å². The second-order valence-electron chi connectivity index (χ2n) is 4.13. The molecule has 0 spiro atoms. The largest absolute Gasteiger partial charge is 0.363 e. The van der Waals surface area contributed by atoms with E-state index in [1.807, 2.05) is 25.1 Å². The maximum Gasteiger partial charge on any atom is 0.156 e. The lowest BCUT2D eigenvalue weighted by atomic mass is 9.97. The van der Waals surface area contributed by atoms with Gasteiger partial charge >= 0.3 is 0 Å². The minimum Gasteiger partial charge on any atom is -0.363 e. The van der Waals surface area contributed by atoms with Crippen molar-refractivity contribution < 1.29 is 9.53 Å². The summed E-state index contributed by atoms with van der Waals surface area (Å²) in [6.45, 7) is 4.64. The lowest BCUT2D eigenvalue weighted by Crippen LogP contribution is -2.28. The third kappa shape index (κ3) is 1.49. The molecule has 2 atom stereocenters. The van der Waals surface area contributed by atoms with Crippen LogP contribution in [0.3, 0.4) is 0 Å². The Morgan fingerprint density at radius 3 is 2.93 bits per heavy atom. The van der Waals surface area contributed by atoms with Crippen LogP contribution in [-0.4, -0.2) is 12.9 Å². The first-order valence-corrected chi connectivity index (χ1v) is 5.43. The van der Waals surface area contributed by atoms with Gasteiger partial charge < -0.3 is 4.74 Å². The summed E-state index contributed by atoms with van der Waals surface area (Å²) in [7, 11) is 0. The molecular formula is C13H16O2. The number of carbonyl (C=O) groups is 1. The first-order chi connectivity index (χ1) is 7.23. The summed E-state index contributed by atoms with van der Waals surface area (Å²) in [5.74, 6) is 0.401. The Hall–Kier alpha value is -1.15. The van der Waals surface area contributed by atoms with Gasteiger partial charge in [-0.25, -0.2) is 0 Å². The number of benzene rings is 1. The van der Waals surface area contributed by atoms with Crippen LogP contribution in [0.25, 0.3) is 0 Å². The lowest BCUT2D eigenvalue weighted by molar-refractivity contribution is -0.132. The number of hydrogen-bond donors (Lipinski definition) is 0. The molecule has 2 nitrogen and oxygen atoms in total. The van der Waals surface area contributed by atoms with Crippen molar-refractivity contribution in [1.29, 1.82) is 0 Å². The maximum absolute atomic E-state index is 11.3. The van der Waals surface area contributed by atoms with E-state index in [-0.39, 0.29) is 0 Å². The topological polar surface area (TPSA) is 26.3 Å². The molecule has 0 aromatic heterocycles. The second-order valence-corrected chi connectivity index (χ2v) is 4.13. The predicted molar refractivity (Wildman–Crippen MR) is 58.8 cm³/mol. The van der Waals surface area contributed by atoms with Crippen LogP contribution in [0.1, 0.15) is 37.3 Å². The van der Waals surface area contributed by atoms with Gasteiger partial charge in [0.05, 0.1) is 0 Å². The number of carbonyl (C=O) groups excluding carboxylic acids is 1. The number of aldehydes is 1. The fourth-order valence-corrected chi connectivity index (χ4v) is 2.53. The molecule has 1 aromatic carbocycles. The maximum atomic E-state index is 11.3. The molecule has 0 heterocycles. The van der Waals surface area contributed by atoms with Crippen molar-refractivity contribution in [2.75, 3.05) is 6.61 Å². The normalized spacial score (nSPS) is 28.8. The summed E-state index contributed by atoms with van der Waals surface area (Å²) < 4.78 is 5.67. The summed E-state index contributed by atoms with van der Waals surface area (Å²) in [4.78, 5) is 11.3. The Kier molecular flexibility index (Phi) is 2.61. The fraction of sp³-hybridized carbons (Fsp3) is 0.462.